The average Bonchev–Trinajstić information content (AvgIpc) is 2.45. The molecule has 22 heavy (non-hydrogen) atoms. The Hall–Kier alpha value is -1.96. The lowest BCUT2D eigenvalue weighted by atomic mass is 10.2. The number of phenols is 2. The Morgan fingerprint density at radius 3 is 2.45 bits per heavy atom. The molecule has 0 aliphatic carbocycles. The summed E-state index contributed by atoms with van der Waals surface area (Å²) in [5, 5.41) is 22.3. The first-order valence-corrected chi connectivity index (χ1v) is 8.05. The normalized spacial score (nSPS) is 11.7. The minimum Gasteiger partial charge on any atom is -0.504 e. The van der Waals surface area contributed by atoms with Crippen molar-refractivity contribution in [2.24, 2.45) is 5.10 Å². The summed E-state index contributed by atoms with van der Waals surface area (Å²) in [5.41, 5.74) is 0.384. The van der Waals surface area contributed by atoms with Gasteiger partial charge in [-0.25, -0.2) is 4.83 Å². The predicted molar refractivity (Wildman–Crippen MR) is 84.1 cm³/mol. The largest absolute Gasteiger partial charge is 0.504 e. The molecule has 0 aromatic heterocycles. The lowest BCUT2D eigenvalue weighted by molar-refractivity contribution is 0.403. The smallest absolute Gasteiger partial charge is 0.278 e. The standard InChI is InChI=1S/C13H10Cl2N2O4S/c14-9-2-3-10(15)13(6-9)22(20,21)17-16-7-8-1-4-11(18)12(19)5-8/h1-7,17-19H/b16-7-. The van der Waals surface area contributed by atoms with Crippen molar-refractivity contribution < 1.29 is 18.6 Å². The second-order valence-electron chi connectivity index (χ2n) is 4.18. The molecule has 0 bridgehead atoms. The minimum absolute atomic E-state index is 0.00868. The lowest BCUT2D eigenvalue weighted by Crippen LogP contribution is -2.18. The number of benzene rings is 2. The van der Waals surface area contributed by atoms with Crippen LogP contribution in [0.5, 0.6) is 11.5 Å². The fourth-order valence-electron chi connectivity index (χ4n) is 1.52. The number of hydrogen-bond acceptors (Lipinski definition) is 5. The Kier molecular flexibility index (Phi) is 4.80. The molecule has 0 aliphatic heterocycles. The van der Waals surface area contributed by atoms with Gasteiger partial charge in [0.25, 0.3) is 10.0 Å². The molecule has 116 valence electrons. The number of rotatable bonds is 4. The van der Waals surface area contributed by atoms with Crippen molar-refractivity contribution in [2.75, 3.05) is 0 Å². The highest BCUT2D eigenvalue weighted by Gasteiger charge is 2.17. The summed E-state index contributed by atoms with van der Waals surface area (Å²) in [6.07, 6.45) is 1.16. The topological polar surface area (TPSA) is 99.0 Å². The molecular weight excluding hydrogens is 351 g/mol. The maximum Gasteiger partial charge on any atom is 0.278 e. The van der Waals surface area contributed by atoms with Crippen LogP contribution >= 0.6 is 23.2 Å². The van der Waals surface area contributed by atoms with E-state index in [1.54, 1.807) is 0 Å². The zero-order chi connectivity index (χ0) is 16.3. The molecule has 0 aliphatic rings. The highest BCUT2D eigenvalue weighted by atomic mass is 35.5. The first-order valence-electron chi connectivity index (χ1n) is 5.81. The molecule has 6 nitrogen and oxygen atoms in total. The molecule has 0 heterocycles. The number of sulfonamides is 1. The zero-order valence-corrected chi connectivity index (χ0v) is 13.2. The Morgan fingerprint density at radius 2 is 1.77 bits per heavy atom. The molecular formula is C13H10Cl2N2O4S. The van der Waals surface area contributed by atoms with Crippen LogP contribution in [0.2, 0.25) is 10.0 Å². The van der Waals surface area contributed by atoms with Gasteiger partial charge in [0, 0.05) is 5.02 Å². The van der Waals surface area contributed by atoms with Crippen LogP contribution in [0.3, 0.4) is 0 Å². The SMILES string of the molecule is O=S(=O)(N/N=C\c1ccc(O)c(O)c1)c1cc(Cl)ccc1Cl. The summed E-state index contributed by atoms with van der Waals surface area (Å²) in [6, 6.07) is 7.94. The fourth-order valence-corrected chi connectivity index (χ4v) is 3.08. The molecule has 2 aromatic rings. The molecule has 0 fully saturated rings. The Labute approximate surface area is 136 Å². The van der Waals surface area contributed by atoms with Crippen molar-refractivity contribution in [3.05, 3.63) is 52.0 Å². The van der Waals surface area contributed by atoms with E-state index in [9.17, 15) is 18.6 Å². The molecule has 2 aromatic carbocycles. The first kappa shape index (κ1) is 16.4. The monoisotopic (exact) mass is 360 g/mol. The summed E-state index contributed by atoms with van der Waals surface area (Å²) in [6.45, 7) is 0. The number of aromatic hydroxyl groups is 2. The van der Waals surface area contributed by atoms with Gasteiger partial charge in [0.2, 0.25) is 0 Å². The van der Waals surface area contributed by atoms with Crippen LogP contribution in [0.25, 0.3) is 0 Å². The molecule has 0 saturated carbocycles. The third-order valence-electron chi connectivity index (χ3n) is 2.57. The molecule has 0 atom stereocenters. The van der Waals surface area contributed by atoms with Gasteiger partial charge in [0.15, 0.2) is 11.5 Å². The molecule has 0 radical (unpaired) electrons. The van der Waals surface area contributed by atoms with Gasteiger partial charge in [-0.15, -0.1) is 0 Å². The summed E-state index contributed by atoms with van der Waals surface area (Å²) in [5.74, 6) is -0.631. The summed E-state index contributed by atoms with van der Waals surface area (Å²) >= 11 is 11.6. The zero-order valence-electron chi connectivity index (χ0n) is 10.9. The minimum atomic E-state index is -3.98. The van der Waals surface area contributed by atoms with Crippen LogP contribution in [-0.2, 0) is 10.0 Å². The predicted octanol–water partition coefficient (Wildman–Crippen LogP) is 2.72. The van der Waals surface area contributed by atoms with Crippen LogP contribution in [0, 0.1) is 0 Å². The van der Waals surface area contributed by atoms with E-state index in [2.05, 4.69) is 5.10 Å². The van der Waals surface area contributed by atoms with E-state index in [-0.39, 0.29) is 26.4 Å². The third-order valence-corrected chi connectivity index (χ3v) is 4.51. The second kappa shape index (κ2) is 6.43. The Bertz CT molecular complexity index is 838. The van der Waals surface area contributed by atoms with E-state index in [0.717, 1.165) is 6.21 Å². The van der Waals surface area contributed by atoms with E-state index >= 15 is 0 Å². The molecule has 3 N–H and O–H groups in total. The van der Waals surface area contributed by atoms with Gasteiger partial charge in [0.1, 0.15) is 4.90 Å². The number of hydrogen-bond donors (Lipinski definition) is 3. The van der Waals surface area contributed by atoms with Crippen LogP contribution in [0.15, 0.2) is 46.4 Å². The highest BCUT2D eigenvalue weighted by Crippen LogP contribution is 2.25. The van der Waals surface area contributed by atoms with Crippen molar-refractivity contribution >= 4 is 39.4 Å². The van der Waals surface area contributed by atoms with E-state index in [1.165, 1.54) is 36.4 Å². The van der Waals surface area contributed by atoms with E-state index < -0.39 is 10.0 Å². The van der Waals surface area contributed by atoms with Crippen LogP contribution in [0.1, 0.15) is 5.56 Å². The van der Waals surface area contributed by atoms with E-state index in [0.29, 0.717) is 5.56 Å². The van der Waals surface area contributed by atoms with Gasteiger partial charge in [0.05, 0.1) is 11.2 Å². The molecule has 2 rings (SSSR count). The van der Waals surface area contributed by atoms with Crippen molar-refractivity contribution in [1.29, 1.82) is 0 Å². The van der Waals surface area contributed by atoms with Gasteiger partial charge in [-0.3, -0.25) is 0 Å². The lowest BCUT2D eigenvalue weighted by Gasteiger charge is -2.06. The number of halogens is 2. The number of phenolic OH excluding ortho intramolecular Hbond substituents is 2. The average molecular weight is 361 g/mol. The number of hydrazone groups is 1. The van der Waals surface area contributed by atoms with Crippen molar-refractivity contribution in [1.82, 2.24) is 4.83 Å². The van der Waals surface area contributed by atoms with Crippen LogP contribution in [-0.4, -0.2) is 24.8 Å². The quantitative estimate of drug-likeness (QED) is 0.443. The van der Waals surface area contributed by atoms with Crippen LogP contribution in [0.4, 0.5) is 0 Å². The van der Waals surface area contributed by atoms with Crippen molar-refractivity contribution in [2.45, 2.75) is 4.90 Å². The molecule has 0 saturated heterocycles. The van der Waals surface area contributed by atoms with Gasteiger partial charge in [-0.1, -0.05) is 23.2 Å². The fraction of sp³-hybridized carbons (Fsp3) is 0. The number of nitrogens with zero attached hydrogens (tertiary/aromatic N) is 1. The molecule has 0 amide bonds. The third kappa shape index (κ3) is 3.82. The van der Waals surface area contributed by atoms with Crippen molar-refractivity contribution in [3.63, 3.8) is 0 Å². The summed E-state index contributed by atoms with van der Waals surface area (Å²) in [4.78, 5) is 1.78. The second-order valence-corrected chi connectivity index (χ2v) is 6.65. The maximum absolute atomic E-state index is 12.1. The maximum atomic E-state index is 12.1. The van der Waals surface area contributed by atoms with Crippen molar-refractivity contribution in [3.8, 4) is 11.5 Å². The van der Waals surface area contributed by atoms with Crippen LogP contribution < -0.4 is 4.83 Å². The van der Waals surface area contributed by atoms with E-state index in [4.69, 9.17) is 23.2 Å². The highest BCUT2D eigenvalue weighted by molar-refractivity contribution is 7.89. The van der Waals surface area contributed by atoms with Gasteiger partial charge in [-0.2, -0.15) is 13.5 Å². The van der Waals surface area contributed by atoms with Gasteiger partial charge in [-0.05, 0) is 42.0 Å². The first-order chi connectivity index (χ1) is 10.3. The molecule has 0 unspecified atom stereocenters. The summed E-state index contributed by atoms with van der Waals surface area (Å²) < 4.78 is 24.1. The molecule has 9 heteroatoms. The van der Waals surface area contributed by atoms with E-state index in [1.807, 2.05) is 4.83 Å². The Balaban J connectivity index is 2.20. The molecule has 0 spiro atoms. The summed E-state index contributed by atoms with van der Waals surface area (Å²) in [7, 11) is -3.98. The number of nitrogens with one attached hydrogen (secondary N) is 1. The van der Waals surface area contributed by atoms with Gasteiger partial charge >= 0.3 is 0 Å². The Morgan fingerprint density at radius 1 is 1.05 bits per heavy atom. The van der Waals surface area contributed by atoms with Gasteiger partial charge < -0.3 is 10.2 Å².